The molecule has 0 saturated carbocycles. The van der Waals surface area contributed by atoms with Crippen molar-refractivity contribution in [3.05, 3.63) is 35.9 Å². The van der Waals surface area contributed by atoms with Gasteiger partial charge in [-0.3, -0.25) is 4.79 Å². The van der Waals surface area contributed by atoms with E-state index in [9.17, 15) is 4.79 Å². The largest absolute Gasteiger partial charge is 0.466 e. The number of carbonyl (C=O) groups excluding carboxylic acids is 1. The molecule has 0 radical (unpaired) electrons. The molecule has 1 unspecified atom stereocenters. The van der Waals surface area contributed by atoms with Crippen LogP contribution >= 0.6 is 0 Å². The summed E-state index contributed by atoms with van der Waals surface area (Å²) in [5.41, 5.74) is 1.34. The van der Waals surface area contributed by atoms with E-state index in [-0.39, 0.29) is 5.97 Å². The number of hydrogen-bond acceptors (Lipinski definition) is 3. The van der Waals surface area contributed by atoms with E-state index >= 15 is 0 Å². The van der Waals surface area contributed by atoms with Gasteiger partial charge in [0.2, 0.25) is 0 Å². The molecule has 3 nitrogen and oxygen atoms in total. The van der Waals surface area contributed by atoms with Gasteiger partial charge in [-0.1, -0.05) is 37.3 Å². The molecule has 1 atom stereocenters. The third-order valence-corrected chi connectivity index (χ3v) is 2.86. The highest BCUT2D eigenvalue weighted by Crippen LogP contribution is 2.12. The molecule has 0 heterocycles. The fourth-order valence-electron chi connectivity index (χ4n) is 1.81. The van der Waals surface area contributed by atoms with E-state index in [1.54, 1.807) is 0 Å². The zero-order valence-electron chi connectivity index (χ0n) is 11.3. The molecular formula is C15H23NO2. The highest BCUT2D eigenvalue weighted by molar-refractivity contribution is 5.69. The van der Waals surface area contributed by atoms with Crippen LogP contribution in [-0.2, 0) is 9.53 Å². The van der Waals surface area contributed by atoms with Crippen LogP contribution in [0, 0.1) is 0 Å². The van der Waals surface area contributed by atoms with Crippen LogP contribution in [0.2, 0.25) is 0 Å². The van der Waals surface area contributed by atoms with Crippen molar-refractivity contribution >= 4 is 5.97 Å². The van der Waals surface area contributed by atoms with Crippen molar-refractivity contribution in [1.82, 2.24) is 5.32 Å². The van der Waals surface area contributed by atoms with E-state index in [2.05, 4.69) is 36.5 Å². The summed E-state index contributed by atoms with van der Waals surface area (Å²) < 4.78 is 4.87. The van der Waals surface area contributed by atoms with Gasteiger partial charge < -0.3 is 10.1 Å². The summed E-state index contributed by atoms with van der Waals surface area (Å²) in [6, 6.07) is 10.4. The second-order valence-corrected chi connectivity index (χ2v) is 4.42. The Morgan fingerprint density at radius 3 is 2.72 bits per heavy atom. The average molecular weight is 249 g/mol. The van der Waals surface area contributed by atoms with Gasteiger partial charge in [0.25, 0.3) is 0 Å². The zero-order valence-corrected chi connectivity index (χ0v) is 11.3. The van der Waals surface area contributed by atoms with E-state index in [0.717, 1.165) is 19.5 Å². The molecule has 0 aliphatic heterocycles. The summed E-state index contributed by atoms with van der Waals surface area (Å²) in [7, 11) is 0. The minimum Gasteiger partial charge on any atom is -0.466 e. The lowest BCUT2D eigenvalue weighted by Gasteiger charge is -2.12. The molecule has 0 saturated heterocycles. The first-order valence-electron chi connectivity index (χ1n) is 6.65. The SMILES string of the molecule is CCOC(=O)CCCNCC(C)c1ccccc1. The Kier molecular flexibility index (Phi) is 7.11. The van der Waals surface area contributed by atoms with Crippen LogP contribution in [0.4, 0.5) is 0 Å². The lowest BCUT2D eigenvalue weighted by atomic mass is 10.0. The normalized spacial score (nSPS) is 12.1. The molecule has 18 heavy (non-hydrogen) atoms. The summed E-state index contributed by atoms with van der Waals surface area (Å²) >= 11 is 0. The molecule has 100 valence electrons. The molecule has 0 aromatic heterocycles. The Balaban J connectivity index is 2.09. The topological polar surface area (TPSA) is 38.3 Å². The lowest BCUT2D eigenvalue weighted by molar-refractivity contribution is -0.143. The van der Waals surface area contributed by atoms with Crippen LogP contribution < -0.4 is 5.32 Å². The van der Waals surface area contributed by atoms with Gasteiger partial charge in [-0.15, -0.1) is 0 Å². The smallest absolute Gasteiger partial charge is 0.305 e. The second kappa shape index (κ2) is 8.70. The van der Waals surface area contributed by atoms with Crippen molar-refractivity contribution in [1.29, 1.82) is 0 Å². The minimum atomic E-state index is -0.101. The first-order chi connectivity index (χ1) is 8.74. The van der Waals surface area contributed by atoms with Crippen molar-refractivity contribution in [2.75, 3.05) is 19.7 Å². The molecule has 0 bridgehead atoms. The highest BCUT2D eigenvalue weighted by atomic mass is 16.5. The van der Waals surface area contributed by atoms with E-state index < -0.39 is 0 Å². The predicted octanol–water partition coefficient (Wildman–Crippen LogP) is 2.72. The first kappa shape index (κ1) is 14.7. The molecule has 0 amide bonds. The van der Waals surface area contributed by atoms with Crippen LogP contribution in [0.25, 0.3) is 0 Å². The van der Waals surface area contributed by atoms with Crippen LogP contribution in [0.15, 0.2) is 30.3 Å². The van der Waals surface area contributed by atoms with Crippen molar-refractivity contribution in [2.45, 2.75) is 32.6 Å². The molecule has 1 aromatic rings. The van der Waals surface area contributed by atoms with Gasteiger partial charge in [0, 0.05) is 13.0 Å². The van der Waals surface area contributed by atoms with E-state index in [1.165, 1.54) is 5.56 Å². The van der Waals surface area contributed by atoms with Crippen LogP contribution in [-0.4, -0.2) is 25.7 Å². The van der Waals surface area contributed by atoms with Gasteiger partial charge in [0.15, 0.2) is 0 Å². The summed E-state index contributed by atoms with van der Waals surface area (Å²) in [6.45, 7) is 6.30. The number of ether oxygens (including phenoxy) is 1. The fourth-order valence-corrected chi connectivity index (χ4v) is 1.81. The quantitative estimate of drug-likeness (QED) is 0.568. The summed E-state index contributed by atoms with van der Waals surface area (Å²) in [5.74, 6) is 0.393. The Morgan fingerprint density at radius 2 is 2.06 bits per heavy atom. The molecule has 3 heteroatoms. The third kappa shape index (κ3) is 5.82. The maximum atomic E-state index is 11.1. The molecule has 1 N–H and O–H groups in total. The second-order valence-electron chi connectivity index (χ2n) is 4.42. The Labute approximate surface area is 110 Å². The van der Waals surface area contributed by atoms with E-state index in [0.29, 0.717) is 18.9 Å². The molecule has 0 aliphatic carbocycles. The van der Waals surface area contributed by atoms with Gasteiger partial charge in [0.05, 0.1) is 6.61 Å². The van der Waals surface area contributed by atoms with Crippen LogP contribution in [0.3, 0.4) is 0 Å². The van der Waals surface area contributed by atoms with Gasteiger partial charge >= 0.3 is 5.97 Å². The number of esters is 1. The predicted molar refractivity (Wildman–Crippen MR) is 73.6 cm³/mol. The number of hydrogen-bond donors (Lipinski definition) is 1. The highest BCUT2D eigenvalue weighted by Gasteiger charge is 2.04. The van der Waals surface area contributed by atoms with Crippen molar-refractivity contribution in [3.8, 4) is 0 Å². The Hall–Kier alpha value is -1.35. The first-order valence-corrected chi connectivity index (χ1v) is 6.65. The van der Waals surface area contributed by atoms with Gasteiger partial charge in [-0.2, -0.15) is 0 Å². The summed E-state index contributed by atoms with van der Waals surface area (Å²) in [4.78, 5) is 11.1. The molecular weight excluding hydrogens is 226 g/mol. The van der Waals surface area contributed by atoms with Crippen LogP contribution in [0.1, 0.15) is 38.2 Å². The maximum Gasteiger partial charge on any atom is 0.305 e. The zero-order chi connectivity index (χ0) is 13.2. The molecule has 1 rings (SSSR count). The standard InChI is InChI=1S/C15H23NO2/c1-3-18-15(17)10-7-11-16-12-13(2)14-8-5-4-6-9-14/h4-6,8-9,13,16H,3,7,10-12H2,1-2H3. The van der Waals surface area contributed by atoms with Crippen molar-refractivity contribution in [3.63, 3.8) is 0 Å². The molecule has 0 fully saturated rings. The fraction of sp³-hybridized carbons (Fsp3) is 0.533. The lowest BCUT2D eigenvalue weighted by Crippen LogP contribution is -2.22. The number of rotatable bonds is 8. The number of nitrogens with one attached hydrogen (secondary N) is 1. The van der Waals surface area contributed by atoms with Gasteiger partial charge in [-0.05, 0) is 31.4 Å². The molecule has 1 aromatic carbocycles. The van der Waals surface area contributed by atoms with E-state index in [1.807, 2.05) is 13.0 Å². The van der Waals surface area contributed by atoms with Gasteiger partial charge in [-0.25, -0.2) is 0 Å². The third-order valence-electron chi connectivity index (χ3n) is 2.86. The minimum absolute atomic E-state index is 0.101. The number of benzene rings is 1. The Bertz CT molecular complexity index is 338. The number of carbonyl (C=O) groups is 1. The average Bonchev–Trinajstić information content (AvgIpc) is 2.39. The monoisotopic (exact) mass is 249 g/mol. The Morgan fingerprint density at radius 1 is 1.33 bits per heavy atom. The maximum absolute atomic E-state index is 11.1. The van der Waals surface area contributed by atoms with Gasteiger partial charge in [0.1, 0.15) is 0 Å². The van der Waals surface area contributed by atoms with E-state index in [4.69, 9.17) is 4.74 Å². The van der Waals surface area contributed by atoms with Crippen molar-refractivity contribution in [2.24, 2.45) is 0 Å². The summed E-state index contributed by atoms with van der Waals surface area (Å²) in [6.07, 6.45) is 1.33. The van der Waals surface area contributed by atoms with Crippen LogP contribution in [0.5, 0.6) is 0 Å². The molecule has 0 aliphatic rings. The summed E-state index contributed by atoms with van der Waals surface area (Å²) in [5, 5.41) is 3.37. The van der Waals surface area contributed by atoms with Crippen molar-refractivity contribution < 1.29 is 9.53 Å². The molecule has 0 spiro atoms.